The van der Waals surface area contributed by atoms with Crippen LogP contribution in [0.3, 0.4) is 0 Å². The van der Waals surface area contributed by atoms with Gasteiger partial charge >= 0.3 is 0 Å². The summed E-state index contributed by atoms with van der Waals surface area (Å²) in [5.74, 6) is 1.08. The first kappa shape index (κ1) is 16.1. The fraction of sp³-hybridized carbons (Fsp3) is 0.250. The lowest BCUT2D eigenvalue weighted by Gasteiger charge is -2.19. The van der Waals surface area contributed by atoms with Gasteiger partial charge in [-0.25, -0.2) is 0 Å². The van der Waals surface area contributed by atoms with Crippen LogP contribution in [-0.4, -0.2) is 0 Å². The van der Waals surface area contributed by atoms with Crippen LogP contribution in [0.15, 0.2) is 51.4 Å². The minimum absolute atomic E-state index is 1.07. The third-order valence-corrected chi connectivity index (χ3v) is 6.26. The molecule has 0 bridgehead atoms. The van der Waals surface area contributed by atoms with Crippen LogP contribution in [0.1, 0.15) is 54.6 Å². The third kappa shape index (κ3) is 2.59. The van der Waals surface area contributed by atoms with E-state index in [0.717, 1.165) is 49.7 Å². The number of rotatable bonds is 2. The summed E-state index contributed by atoms with van der Waals surface area (Å²) in [7, 11) is 0. The first-order valence-electron chi connectivity index (χ1n) is 9.51. The van der Waals surface area contributed by atoms with Crippen molar-refractivity contribution in [2.45, 2.75) is 38.5 Å². The molecule has 1 aromatic heterocycles. The van der Waals surface area contributed by atoms with E-state index in [4.69, 9.17) is 4.42 Å². The summed E-state index contributed by atoms with van der Waals surface area (Å²) < 4.78 is 7.57. The lowest BCUT2D eigenvalue weighted by atomic mass is 9.86. The van der Waals surface area contributed by atoms with Crippen molar-refractivity contribution in [3.63, 3.8) is 0 Å². The summed E-state index contributed by atoms with van der Waals surface area (Å²) in [4.78, 5) is 0. The molecule has 3 aliphatic rings. The molecule has 130 valence electrons. The van der Waals surface area contributed by atoms with Crippen LogP contribution >= 0.6 is 15.9 Å². The highest BCUT2D eigenvalue weighted by Gasteiger charge is 2.24. The van der Waals surface area contributed by atoms with Gasteiger partial charge in [0.25, 0.3) is 0 Å². The monoisotopic (exact) mass is 404 g/mol. The SMILES string of the molecule is BrC1=CCCC=C1c1ccccc1C1=CCCc2c1oc1c2=CCCC=1. The van der Waals surface area contributed by atoms with E-state index in [0.29, 0.717) is 0 Å². The van der Waals surface area contributed by atoms with Crippen LogP contribution in [0, 0.1) is 0 Å². The number of hydrogen-bond acceptors (Lipinski definition) is 1. The van der Waals surface area contributed by atoms with E-state index in [1.165, 1.54) is 37.5 Å². The maximum Gasteiger partial charge on any atom is 0.138 e. The lowest BCUT2D eigenvalue weighted by Crippen LogP contribution is -2.25. The molecule has 0 N–H and O–H groups in total. The second kappa shape index (κ2) is 6.59. The molecule has 0 saturated carbocycles. The van der Waals surface area contributed by atoms with E-state index in [-0.39, 0.29) is 0 Å². The summed E-state index contributed by atoms with van der Waals surface area (Å²) in [5, 5.41) is 1.34. The first-order valence-corrected chi connectivity index (χ1v) is 10.3. The van der Waals surface area contributed by atoms with Gasteiger partial charge in [0.2, 0.25) is 0 Å². The molecule has 2 aromatic rings. The van der Waals surface area contributed by atoms with E-state index >= 15 is 0 Å². The molecule has 0 spiro atoms. The Morgan fingerprint density at radius 2 is 1.42 bits per heavy atom. The van der Waals surface area contributed by atoms with Gasteiger partial charge < -0.3 is 4.42 Å². The Morgan fingerprint density at radius 3 is 2.27 bits per heavy atom. The number of benzene rings is 1. The fourth-order valence-corrected chi connectivity index (χ4v) is 4.91. The molecule has 0 aliphatic heterocycles. The second-order valence-electron chi connectivity index (χ2n) is 7.12. The Kier molecular flexibility index (Phi) is 4.09. The highest BCUT2D eigenvalue weighted by atomic mass is 79.9. The largest absolute Gasteiger partial charge is 0.456 e. The van der Waals surface area contributed by atoms with Crippen LogP contribution in [0.2, 0.25) is 0 Å². The summed E-state index contributed by atoms with van der Waals surface area (Å²) in [5.41, 5.74) is 7.59. The highest BCUT2D eigenvalue weighted by Crippen LogP contribution is 2.39. The highest BCUT2D eigenvalue weighted by molar-refractivity contribution is 9.12. The zero-order valence-electron chi connectivity index (χ0n) is 14.7. The van der Waals surface area contributed by atoms with Crippen molar-refractivity contribution >= 4 is 39.2 Å². The van der Waals surface area contributed by atoms with E-state index in [2.05, 4.69) is 70.6 Å². The zero-order valence-corrected chi connectivity index (χ0v) is 16.3. The quantitative estimate of drug-likeness (QED) is 0.646. The number of fused-ring (bicyclic) bond motifs is 3. The lowest BCUT2D eigenvalue weighted by molar-refractivity contribution is 0.512. The molecular weight excluding hydrogens is 384 g/mol. The predicted octanol–water partition coefficient (Wildman–Crippen LogP) is 5.47. The third-order valence-electron chi connectivity index (χ3n) is 5.51. The molecule has 0 fully saturated rings. The average Bonchev–Trinajstić information content (AvgIpc) is 3.07. The van der Waals surface area contributed by atoms with Crippen molar-refractivity contribution < 1.29 is 4.42 Å². The van der Waals surface area contributed by atoms with Gasteiger partial charge in [-0.3, -0.25) is 0 Å². The number of furan rings is 1. The fourth-order valence-electron chi connectivity index (χ4n) is 4.30. The van der Waals surface area contributed by atoms with Crippen molar-refractivity contribution in [3.05, 3.63) is 80.1 Å². The zero-order chi connectivity index (χ0) is 17.5. The normalized spacial score (nSPS) is 18.6. The van der Waals surface area contributed by atoms with Crippen molar-refractivity contribution in [2.24, 2.45) is 0 Å². The molecule has 0 atom stereocenters. The van der Waals surface area contributed by atoms with Gasteiger partial charge in [-0.2, -0.15) is 0 Å². The molecule has 5 rings (SSSR count). The van der Waals surface area contributed by atoms with Gasteiger partial charge in [-0.05, 0) is 61.3 Å². The van der Waals surface area contributed by atoms with Crippen molar-refractivity contribution in [2.75, 3.05) is 0 Å². The van der Waals surface area contributed by atoms with Gasteiger partial charge in [0.15, 0.2) is 0 Å². The van der Waals surface area contributed by atoms with Crippen LogP contribution in [0.5, 0.6) is 0 Å². The molecule has 2 heteroatoms. The van der Waals surface area contributed by atoms with Gasteiger partial charge in [0.05, 0.1) is 0 Å². The molecule has 0 unspecified atom stereocenters. The molecule has 1 nitrogen and oxygen atoms in total. The number of allylic oxidation sites excluding steroid dienone is 5. The summed E-state index contributed by atoms with van der Waals surface area (Å²) >= 11 is 3.77. The maximum absolute atomic E-state index is 6.36. The minimum Gasteiger partial charge on any atom is -0.456 e. The molecule has 0 saturated heterocycles. The molecule has 0 amide bonds. The second-order valence-corrected chi connectivity index (χ2v) is 7.98. The topological polar surface area (TPSA) is 13.1 Å². The Labute approximate surface area is 162 Å². The molecular formula is C24H21BrO. The Balaban J connectivity index is 1.70. The van der Waals surface area contributed by atoms with E-state index in [9.17, 15) is 0 Å². The Bertz CT molecular complexity index is 1090. The van der Waals surface area contributed by atoms with E-state index in [1.54, 1.807) is 0 Å². The van der Waals surface area contributed by atoms with Crippen molar-refractivity contribution in [1.82, 2.24) is 0 Å². The van der Waals surface area contributed by atoms with Crippen molar-refractivity contribution in [3.8, 4) is 0 Å². The number of halogens is 1. The minimum atomic E-state index is 1.07. The van der Waals surface area contributed by atoms with Gasteiger partial charge in [0, 0.05) is 20.8 Å². The molecule has 0 radical (unpaired) electrons. The smallest absolute Gasteiger partial charge is 0.138 e. The van der Waals surface area contributed by atoms with Gasteiger partial charge in [-0.15, -0.1) is 0 Å². The summed E-state index contributed by atoms with van der Waals surface area (Å²) in [6.45, 7) is 0. The maximum atomic E-state index is 6.36. The van der Waals surface area contributed by atoms with Crippen LogP contribution in [0.4, 0.5) is 0 Å². The number of hydrogen-bond donors (Lipinski definition) is 0. The summed E-state index contributed by atoms with van der Waals surface area (Å²) in [6.07, 6.45) is 18.2. The average molecular weight is 405 g/mol. The molecule has 26 heavy (non-hydrogen) atoms. The summed E-state index contributed by atoms with van der Waals surface area (Å²) in [6, 6.07) is 8.74. The Hall–Kier alpha value is -2.06. The van der Waals surface area contributed by atoms with Crippen molar-refractivity contribution in [1.29, 1.82) is 0 Å². The molecule has 1 heterocycles. The molecule has 1 aromatic carbocycles. The molecule has 3 aliphatic carbocycles. The van der Waals surface area contributed by atoms with Gasteiger partial charge in [-0.1, -0.05) is 64.5 Å². The first-order chi connectivity index (χ1) is 12.8. The van der Waals surface area contributed by atoms with E-state index in [1.807, 2.05) is 0 Å². The van der Waals surface area contributed by atoms with Crippen LogP contribution in [-0.2, 0) is 6.42 Å². The van der Waals surface area contributed by atoms with Gasteiger partial charge in [0.1, 0.15) is 11.2 Å². The predicted molar refractivity (Wildman–Crippen MR) is 112 cm³/mol. The Morgan fingerprint density at radius 1 is 0.731 bits per heavy atom. The standard InChI is InChI=1S/C24H21BrO/c25-22-14-5-3-10-18(22)16-8-1-2-9-17(16)20-12-7-13-21-19-11-4-6-15-23(19)26-24(20)21/h1-2,8-12,14-15H,3-7,13H2. The van der Waals surface area contributed by atoms with E-state index < -0.39 is 0 Å². The van der Waals surface area contributed by atoms with Crippen LogP contribution in [0.25, 0.3) is 23.3 Å². The van der Waals surface area contributed by atoms with Crippen LogP contribution < -0.4 is 10.6 Å².